The minimum absolute atomic E-state index is 0.223. The maximum absolute atomic E-state index is 10.7. The van der Waals surface area contributed by atoms with Crippen LogP contribution in [0.1, 0.15) is 12.5 Å². The van der Waals surface area contributed by atoms with Crippen molar-refractivity contribution in [3.63, 3.8) is 0 Å². The Kier molecular flexibility index (Phi) is 3.69. The van der Waals surface area contributed by atoms with E-state index in [0.29, 0.717) is 17.9 Å². The van der Waals surface area contributed by atoms with Crippen molar-refractivity contribution in [2.75, 3.05) is 6.61 Å². The van der Waals surface area contributed by atoms with Crippen LogP contribution < -0.4 is 4.74 Å². The molecule has 0 heterocycles. The first-order valence-electron chi connectivity index (χ1n) is 4.27. The summed E-state index contributed by atoms with van der Waals surface area (Å²) in [6, 6.07) is 6.72. The highest BCUT2D eigenvalue weighted by Gasteiger charge is 2.13. The smallest absolute Gasteiger partial charge is 0.329 e. The van der Waals surface area contributed by atoms with Gasteiger partial charge in [-0.05, 0) is 24.6 Å². The fourth-order valence-corrected chi connectivity index (χ4v) is 1.78. The van der Waals surface area contributed by atoms with Crippen LogP contribution in [0, 0.1) is 0 Å². The highest BCUT2D eigenvalue weighted by molar-refractivity contribution is 7.50. The first kappa shape index (κ1) is 11.2. The van der Waals surface area contributed by atoms with Crippen LogP contribution in [0.3, 0.4) is 0 Å². The number of benzene rings is 1. The van der Waals surface area contributed by atoms with E-state index in [9.17, 15) is 4.57 Å². The van der Waals surface area contributed by atoms with Gasteiger partial charge < -0.3 is 14.5 Å². The lowest BCUT2D eigenvalue weighted by molar-refractivity contribution is 0.340. The Balaban J connectivity index is 2.69. The Labute approximate surface area is 82.7 Å². The van der Waals surface area contributed by atoms with E-state index in [1.54, 1.807) is 24.3 Å². The molecule has 0 unspecified atom stereocenters. The normalized spacial score (nSPS) is 11.4. The SMILES string of the molecule is CCOc1ccc(CP(=O)(O)O)cc1. The molecule has 0 amide bonds. The van der Waals surface area contributed by atoms with Gasteiger partial charge in [-0.25, -0.2) is 0 Å². The van der Waals surface area contributed by atoms with Gasteiger partial charge in [0.1, 0.15) is 5.75 Å². The van der Waals surface area contributed by atoms with Gasteiger partial charge in [-0.2, -0.15) is 0 Å². The van der Waals surface area contributed by atoms with Gasteiger partial charge in [0.15, 0.2) is 0 Å². The van der Waals surface area contributed by atoms with Crippen LogP contribution in [0.15, 0.2) is 24.3 Å². The fraction of sp³-hybridized carbons (Fsp3) is 0.333. The van der Waals surface area contributed by atoms with Gasteiger partial charge in [-0.3, -0.25) is 4.57 Å². The van der Waals surface area contributed by atoms with Gasteiger partial charge in [-0.1, -0.05) is 12.1 Å². The van der Waals surface area contributed by atoms with Crippen LogP contribution in [0.5, 0.6) is 5.75 Å². The highest BCUT2D eigenvalue weighted by atomic mass is 31.2. The van der Waals surface area contributed by atoms with Gasteiger partial charge in [0.2, 0.25) is 0 Å². The quantitative estimate of drug-likeness (QED) is 0.752. The molecule has 0 saturated heterocycles. The van der Waals surface area contributed by atoms with Crippen LogP contribution >= 0.6 is 7.60 Å². The van der Waals surface area contributed by atoms with E-state index in [1.807, 2.05) is 6.92 Å². The zero-order valence-electron chi connectivity index (χ0n) is 7.88. The molecule has 0 aliphatic heterocycles. The highest BCUT2D eigenvalue weighted by Crippen LogP contribution is 2.39. The standard InChI is InChI=1S/C9H13O4P/c1-2-13-9-5-3-8(4-6-9)7-14(10,11)12/h3-6H,2,7H2,1H3,(H2,10,11,12). The van der Waals surface area contributed by atoms with Crippen LogP contribution in [0.25, 0.3) is 0 Å². The summed E-state index contributed by atoms with van der Waals surface area (Å²) in [5.74, 6) is 0.710. The summed E-state index contributed by atoms with van der Waals surface area (Å²) >= 11 is 0. The molecule has 0 spiro atoms. The van der Waals surface area contributed by atoms with E-state index in [4.69, 9.17) is 14.5 Å². The molecule has 0 atom stereocenters. The average molecular weight is 216 g/mol. The lowest BCUT2D eigenvalue weighted by Crippen LogP contribution is -1.92. The minimum Gasteiger partial charge on any atom is -0.494 e. The number of rotatable bonds is 4. The number of hydrogen-bond acceptors (Lipinski definition) is 2. The monoisotopic (exact) mass is 216 g/mol. The Morgan fingerprint density at radius 2 is 1.86 bits per heavy atom. The van der Waals surface area contributed by atoms with Crippen molar-refractivity contribution in [3.8, 4) is 5.75 Å². The Morgan fingerprint density at radius 3 is 2.29 bits per heavy atom. The fourth-order valence-electron chi connectivity index (χ4n) is 1.10. The van der Waals surface area contributed by atoms with Crippen molar-refractivity contribution in [2.45, 2.75) is 13.1 Å². The second-order valence-electron chi connectivity index (χ2n) is 2.90. The zero-order chi connectivity index (χ0) is 10.6. The Morgan fingerprint density at radius 1 is 1.29 bits per heavy atom. The molecule has 1 aromatic rings. The van der Waals surface area contributed by atoms with Gasteiger partial charge in [-0.15, -0.1) is 0 Å². The molecule has 2 N–H and O–H groups in total. The van der Waals surface area contributed by atoms with E-state index in [1.165, 1.54) is 0 Å². The van der Waals surface area contributed by atoms with Gasteiger partial charge >= 0.3 is 7.60 Å². The third kappa shape index (κ3) is 3.92. The van der Waals surface area contributed by atoms with Crippen molar-refractivity contribution < 1.29 is 19.1 Å². The first-order chi connectivity index (χ1) is 6.51. The van der Waals surface area contributed by atoms with E-state index < -0.39 is 7.60 Å². The summed E-state index contributed by atoms with van der Waals surface area (Å²) in [6.45, 7) is 2.46. The zero-order valence-corrected chi connectivity index (χ0v) is 8.78. The van der Waals surface area contributed by atoms with E-state index in [-0.39, 0.29) is 6.16 Å². The molecule has 1 aromatic carbocycles. The van der Waals surface area contributed by atoms with Gasteiger partial charge in [0.05, 0.1) is 12.8 Å². The largest absolute Gasteiger partial charge is 0.494 e. The summed E-state index contributed by atoms with van der Waals surface area (Å²) in [4.78, 5) is 17.4. The van der Waals surface area contributed by atoms with Crippen molar-refractivity contribution in [1.82, 2.24) is 0 Å². The maximum Gasteiger partial charge on any atom is 0.329 e. The molecule has 78 valence electrons. The Hall–Kier alpha value is -0.830. The molecule has 0 aromatic heterocycles. The third-order valence-electron chi connectivity index (χ3n) is 1.62. The molecule has 5 heteroatoms. The second kappa shape index (κ2) is 4.60. The molecule has 0 radical (unpaired) electrons. The van der Waals surface area contributed by atoms with Crippen LogP contribution in [-0.2, 0) is 10.7 Å². The molecular formula is C9H13O4P. The Bertz CT molecular complexity index is 327. The molecule has 0 aliphatic rings. The van der Waals surface area contributed by atoms with Crippen LogP contribution in [0.2, 0.25) is 0 Å². The van der Waals surface area contributed by atoms with Gasteiger partial charge in [0, 0.05) is 0 Å². The van der Waals surface area contributed by atoms with Crippen molar-refractivity contribution >= 4 is 7.60 Å². The van der Waals surface area contributed by atoms with Crippen LogP contribution in [-0.4, -0.2) is 16.4 Å². The lowest BCUT2D eigenvalue weighted by atomic mass is 10.2. The van der Waals surface area contributed by atoms with Crippen molar-refractivity contribution in [1.29, 1.82) is 0 Å². The number of ether oxygens (including phenoxy) is 1. The van der Waals surface area contributed by atoms with Gasteiger partial charge in [0.25, 0.3) is 0 Å². The third-order valence-corrected chi connectivity index (χ3v) is 2.40. The maximum atomic E-state index is 10.7. The summed E-state index contributed by atoms with van der Waals surface area (Å²) < 4.78 is 15.9. The molecular weight excluding hydrogens is 203 g/mol. The molecule has 4 nitrogen and oxygen atoms in total. The first-order valence-corrected chi connectivity index (χ1v) is 6.07. The molecule has 0 fully saturated rings. The molecule has 0 saturated carbocycles. The minimum atomic E-state index is -3.96. The predicted octanol–water partition coefficient (Wildman–Crippen LogP) is 1.76. The molecule has 0 aliphatic carbocycles. The summed E-state index contributed by atoms with van der Waals surface area (Å²) in [5.41, 5.74) is 0.613. The lowest BCUT2D eigenvalue weighted by Gasteiger charge is -2.05. The van der Waals surface area contributed by atoms with Crippen molar-refractivity contribution in [2.24, 2.45) is 0 Å². The van der Waals surface area contributed by atoms with Crippen LogP contribution in [0.4, 0.5) is 0 Å². The topological polar surface area (TPSA) is 66.8 Å². The van der Waals surface area contributed by atoms with E-state index in [2.05, 4.69) is 0 Å². The molecule has 1 rings (SSSR count). The molecule has 14 heavy (non-hydrogen) atoms. The predicted molar refractivity (Wildman–Crippen MR) is 53.4 cm³/mol. The summed E-state index contributed by atoms with van der Waals surface area (Å²) in [7, 11) is -3.96. The van der Waals surface area contributed by atoms with E-state index >= 15 is 0 Å². The summed E-state index contributed by atoms with van der Waals surface area (Å²) in [6.07, 6.45) is -0.223. The average Bonchev–Trinajstić information content (AvgIpc) is 2.06. The number of hydrogen-bond donors (Lipinski definition) is 2. The second-order valence-corrected chi connectivity index (χ2v) is 4.55. The van der Waals surface area contributed by atoms with Crippen molar-refractivity contribution in [3.05, 3.63) is 29.8 Å². The molecule has 0 bridgehead atoms. The van der Waals surface area contributed by atoms with E-state index in [0.717, 1.165) is 0 Å². The summed E-state index contributed by atoms with van der Waals surface area (Å²) in [5, 5.41) is 0.